The number of hydrogen-bond donors (Lipinski definition) is 1. The Hall–Kier alpha value is -3.09. The average Bonchev–Trinajstić information content (AvgIpc) is 2.48. The summed E-state index contributed by atoms with van der Waals surface area (Å²) in [6.45, 7) is 0. The summed E-state index contributed by atoms with van der Waals surface area (Å²) in [5.74, 6) is 0.229. The fourth-order valence-electron chi connectivity index (χ4n) is 1.48. The number of nitrogens with one attached hydrogen (secondary N) is 1. The summed E-state index contributed by atoms with van der Waals surface area (Å²) in [4.78, 5) is 13.1. The van der Waals surface area contributed by atoms with Crippen LogP contribution >= 0.6 is 0 Å². The van der Waals surface area contributed by atoms with Gasteiger partial charge in [-0.25, -0.2) is 4.98 Å². The van der Waals surface area contributed by atoms with E-state index in [0.717, 1.165) is 0 Å². The molecule has 1 heterocycles. The monoisotopic (exact) mass is 270 g/mol. The second-order valence-corrected chi connectivity index (χ2v) is 3.86. The highest BCUT2D eigenvalue weighted by molar-refractivity contribution is 5.94. The van der Waals surface area contributed by atoms with Crippen LogP contribution in [0.2, 0.25) is 0 Å². The van der Waals surface area contributed by atoms with Crippen molar-refractivity contribution >= 4 is 17.7 Å². The van der Waals surface area contributed by atoms with E-state index in [0.29, 0.717) is 11.3 Å². The molecule has 2 rings (SSSR count). The summed E-state index contributed by atoms with van der Waals surface area (Å²) in [6.07, 6.45) is 3.13. The van der Waals surface area contributed by atoms with Crippen molar-refractivity contribution in [2.75, 3.05) is 0 Å². The van der Waals surface area contributed by atoms with Crippen LogP contribution in [0.15, 0.2) is 58.9 Å². The van der Waals surface area contributed by atoms with E-state index in [4.69, 9.17) is 5.73 Å². The molecule has 0 radical (unpaired) electrons. The molecule has 0 spiro atoms. The number of nitro groups is 1. The van der Waals surface area contributed by atoms with Gasteiger partial charge in [-0.3, -0.25) is 10.1 Å². The lowest BCUT2D eigenvalue weighted by Gasteiger charge is -1.93. The fourth-order valence-corrected chi connectivity index (χ4v) is 1.48. The van der Waals surface area contributed by atoms with Gasteiger partial charge in [0.25, 0.3) is 5.69 Å². The van der Waals surface area contributed by atoms with Crippen molar-refractivity contribution < 1.29 is 9.91 Å². The second-order valence-electron chi connectivity index (χ2n) is 3.86. The van der Waals surface area contributed by atoms with Crippen LogP contribution in [0.1, 0.15) is 11.3 Å². The lowest BCUT2D eigenvalue weighted by atomic mass is 10.2. The summed E-state index contributed by atoms with van der Waals surface area (Å²) < 4.78 is 0. The number of amidine groups is 1. The SMILES string of the molecule is NC(=N/N=C\c1cccc([N+](=O)[O-])c1)c1cccc[nH+]1. The minimum Gasteiger partial charge on any atom is -0.377 e. The van der Waals surface area contributed by atoms with Crippen LogP contribution in [0.4, 0.5) is 5.69 Å². The summed E-state index contributed by atoms with van der Waals surface area (Å²) in [5.41, 5.74) is 6.96. The van der Waals surface area contributed by atoms with E-state index in [1.54, 1.807) is 24.4 Å². The lowest BCUT2D eigenvalue weighted by Crippen LogP contribution is -2.23. The molecule has 0 aliphatic carbocycles. The number of H-pyrrole nitrogens is 1. The van der Waals surface area contributed by atoms with Gasteiger partial charge in [-0.1, -0.05) is 12.1 Å². The highest BCUT2D eigenvalue weighted by Gasteiger charge is 2.05. The molecule has 0 bridgehead atoms. The maximum atomic E-state index is 10.6. The van der Waals surface area contributed by atoms with Crippen molar-refractivity contribution in [1.82, 2.24) is 0 Å². The Morgan fingerprint density at radius 1 is 1.30 bits per heavy atom. The topological polar surface area (TPSA) is 108 Å². The standard InChI is InChI=1S/C13H11N5O2/c14-13(12-6-1-2-7-15-12)17-16-9-10-4-3-5-11(8-10)18(19)20/h1-9H,(H2,14,17)/p+1/b16-9-. The minimum absolute atomic E-state index is 0.00212. The molecule has 1 aromatic carbocycles. The van der Waals surface area contributed by atoms with Crippen LogP contribution in [0.5, 0.6) is 0 Å². The van der Waals surface area contributed by atoms with E-state index >= 15 is 0 Å². The van der Waals surface area contributed by atoms with Gasteiger partial charge in [-0.15, -0.1) is 5.10 Å². The molecule has 7 heteroatoms. The Morgan fingerprint density at radius 2 is 2.15 bits per heavy atom. The summed E-state index contributed by atoms with van der Waals surface area (Å²) in [6, 6.07) is 11.5. The van der Waals surface area contributed by atoms with Crippen molar-refractivity contribution in [3.05, 3.63) is 70.0 Å². The van der Waals surface area contributed by atoms with Crippen molar-refractivity contribution in [2.24, 2.45) is 15.9 Å². The Kier molecular flexibility index (Phi) is 4.13. The molecule has 100 valence electrons. The lowest BCUT2D eigenvalue weighted by molar-refractivity contribution is -0.384. The molecule has 20 heavy (non-hydrogen) atoms. The zero-order valence-electron chi connectivity index (χ0n) is 10.4. The molecule has 0 saturated carbocycles. The second kappa shape index (κ2) is 6.19. The Bertz CT molecular complexity index is 667. The third-order valence-electron chi connectivity index (χ3n) is 2.44. The molecule has 0 saturated heterocycles. The van der Waals surface area contributed by atoms with Crippen LogP contribution in [-0.2, 0) is 0 Å². The number of rotatable bonds is 4. The van der Waals surface area contributed by atoms with Crippen LogP contribution in [0.25, 0.3) is 0 Å². The molecule has 0 unspecified atom stereocenters. The zero-order chi connectivity index (χ0) is 14.4. The summed E-state index contributed by atoms with van der Waals surface area (Å²) in [5, 5.41) is 18.3. The van der Waals surface area contributed by atoms with Gasteiger partial charge in [0.15, 0.2) is 6.20 Å². The van der Waals surface area contributed by atoms with Gasteiger partial charge in [0.2, 0.25) is 11.5 Å². The highest BCUT2D eigenvalue weighted by Crippen LogP contribution is 2.11. The first-order chi connectivity index (χ1) is 9.66. The number of nitro benzene ring substituents is 1. The number of benzene rings is 1. The van der Waals surface area contributed by atoms with Gasteiger partial charge in [0, 0.05) is 29.8 Å². The van der Waals surface area contributed by atoms with Crippen molar-refractivity contribution in [2.45, 2.75) is 0 Å². The summed E-state index contributed by atoms with van der Waals surface area (Å²) >= 11 is 0. The third-order valence-corrected chi connectivity index (χ3v) is 2.44. The Morgan fingerprint density at radius 3 is 2.85 bits per heavy atom. The Labute approximate surface area is 114 Å². The molecule has 1 aromatic heterocycles. The predicted octanol–water partition coefficient (Wildman–Crippen LogP) is 1.15. The van der Waals surface area contributed by atoms with Crippen LogP contribution in [-0.4, -0.2) is 17.0 Å². The highest BCUT2D eigenvalue weighted by atomic mass is 16.6. The molecule has 0 aliphatic heterocycles. The quantitative estimate of drug-likeness (QED) is 0.389. The van der Waals surface area contributed by atoms with E-state index in [1.165, 1.54) is 18.3 Å². The molecule has 0 fully saturated rings. The first-order valence-electron chi connectivity index (χ1n) is 5.75. The molecular formula is C13H12N5O2+. The van der Waals surface area contributed by atoms with Gasteiger partial charge in [-0.2, -0.15) is 5.10 Å². The first-order valence-corrected chi connectivity index (χ1v) is 5.75. The largest absolute Gasteiger partial charge is 0.377 e. The smallest absolute Gasteiger partial charge is 0.270 e. The third kappa shape index (κ3) is 3.45. The van der Waals surface area contributed by atoms with Crippen LogP contribution < -0.4 is 10.7 Å². The van der Waals surface area contributed by atoms with Gasteiger partial charge < -0.3 is 5.73 Å². The predicted molar refractivity (Wildman–Crippen MR) is 74.4 cm³/mol. The van der Waals surface area contributed by atoms with E-state index in [-0.39, 0.29) is 11.5 Å². The number of aromatic nitrogens is 1. The van der Waals surface area contributed by atoms with Crippen LogP contribution in [0.3, 0.4) is 0 Å². The Balaban J connectivity index is 2.14. The van der Waals surface area contributed by atoms with Gasteiger partial charge in [0.1, 0.15) is 0 Å². The molecule has 3 N–H and O–H groups in total. The normalized spacial score (nSPS) is 11.7. The van der Waals surface area contributed by atoms with Gasteiger partial charge in [0.05, 0.1) is 11.1 Å². The van der Waals surface area contributed by atoms with Gasteiger partial charge >= 0.3 is 0 Å². The average molecular weight is 270 g/mol. The number of non-ortho nitro benzene ring substituents is 1. The maximum Gasteiger partial charge on any atom is 0.270 e. The molecule has 0 atom stereocenters. The van der Waals surface area contributed by atoms with Crippen LogP contribution in [0, 0.1) is 10.1 Å². The van der Waals surface area contributed by atoms with Crippen molar-refractivity contribution in [3.63, 3.8) is 0 Å². The number of aromatic amines is 1. The fraction of sp³-hybridized carbons (Fsp3) is 0. The number of nitrogens with two attached hydrogens (primary N) is 1. The van der Waals surface area contributed by atoms with E-state index in [2.05, 4.69) is 15.2 Å². The summed E-state index contributed by atoms with van der Waals surface area (Å²) in [7, 11) is 0. The zero-order valence-corrected chi connectivity index (χ0v) is 10.4. The van der Waals surface area contributed by atoms with E-state index in [9.17, 15) is 10.1 Å². The molecular weight excluding hydrogens is 258 g/mol. The number of pyridine rings is 1. The molecule has 0 aliphatic rings. The van der Waals surface area contributed by atoms with E-state index in [1.807, 2.05) is 12.1 Å². The number of nitrogens with zero attached hydrogens (tertiary/aromatic N) is 3. The van der Waals surface area contributed by atoms with E-state index < -0.39 is 4.92 Å². The first kappa shape index (κ1) is 13.3. The number of hydrogen-bond acceptors (Lipinski definition) is 4. The molecule has 0 amide bonds. The maximum absolute atomic E-state index is 10.6. The van der Waals surface area contributed by atoms with Crippen molar-refractivity contribution in [3.8, 4) is 0 Å². The molecule has 7 nitrogen and oxygen atoms in total. The van der Waals surface area contributed by atoms with Crippen molar-refractivity contribution in [1.29, 1.82) is 0 Å². The molecule has 2 aromatic rings. The minimum atomic E-state index is -0.464. The van der Waals surface area contributed by atoms with Gasteiger partial charge in [-0.05, 0) is 6.07 Å².